The normalized spacial score (nSPS) is 32.9. The maximum atomic E-state index is 12.5. The molecule has 0 aromatic rings. The van der Waals surface area contributed by atoms with E-state index < -0.39 is 25.1 Å². The highest BCUT2D eigenvalue weighted by atomic mass is 35.5. The molecule has 4 bridgehead atoms. The summed E-state index contributed by atoms with van der Waals surface area (Å²) in [6, 6.07) is -0.190. The van der Waals surface area contributed by atoms with Crippen LogP contribution in [0.3, 0.4) is 0 Å². The van der Waals surface area contributed by atoms with Gasteiger partial charge >= 0.3 is 0 Å². The van der Waals surface area contributed by atoms with Crippen LogP contribution < -0.4 is 5.14 Å². The highest BCUT2D eigenvalue weighted by Crippen LogP contribution is 2.49. The fourth-order valence-corrected chi connectivity index (χ4v) is 8.00. The molecule has 0 aliphatic carbocycles. The van der Waals surface area contributed by atoms with Crippen LogP contribution in [0.2, 0.25) is 0 Å². The van der Waals surface area contributed by atoms with Crippen molar-refractivity contribution in [1.29, 1.82) is 0 Å². The van der Waals surface area contributed by atoms with Crippen molar-refractivity contribution in [2.24, 2.45) is 5.14 Å². The van der Waals surface area contributed by atoms with E-state index in [2.05, 4.69) is 11.8 Å². The first kappa shape index (κ1) is 18.3. The lowest BCUT2D eigenvalue weighted by Gasteiger charge is -2.32. The van der Waals surface area contributed by atoms with E-state index in [1.807, 2.05) is 0 Å². The number of primary sulfonamides is 1. The van der Waals surface area contributed by atoms with E-state index in [-0.39, 0.29) is 26.9 Å². The Balaban J connectivity index is 0.00000176. The topological polar surface area (TPSA) is 97.5 Å². The monoisotopic (exact) mass is 386 g/mol. The fourth-order valence-electron chi connectivity index (χ4n) is 3.21. The molecule has 10 heteroatoms. The number of nitrogens with two attached hydrogens (primary N) is 1. The van der Waals surface area contributed by atoms with Gasteiger partial charge in [-0.25, -0.2) is 22.0 Å². The van der Waals surface area contributed by atoms with Crippen LogP contribution in [0.15, 0.2) is 20.1 Å². The lowest BCUT2D eigenvalue weighted by molar-refractivity contribution is 0.247. The van der Waals surface area contributed by atoms with Crippen LogP contribution in [0.4, 0.5) is 0 Å². The smallest absolute Gasteiger partial charge is 0.244 e. The highest BCUT2D eigenvalue weighted by molar-refractivity contribution is 8.27. The van der Waals surface area contributed by atoms with Gasteiger partial charge in [-0.2, -0.15) is 0 Å². The minimum atomic E-state index is -3.90. The fraction of sp³-hybridized carbons (Fsp3) is 0.667. The van der Waals surface area contributed by atoms with Crippen molar-refractivity contribution in [2.45, 2.75) is 37.5 Å². The zero-order valence-electron chi connectivity index (χ0n) is 12.1. The summed E-state index contributed by atoms with van der Waals surface area (Å²) in [4.78, 5) is 2.16. The van der Waals surface area contributed by atoms with Gasteiger partial charge in [0.1, 0.15) is 8.47 Å². The summed E-state index contributed by atoms with van der Waals surface area (Å²) in [5.74, 6) is 0. The number of rotatable bonds is 3. The number of sulfonamides is 1. The minimum absolute atomic E-state index is 0. The molecule has 2 atom stereocenters. The molecular weight excluding hydrogens is 368 g/mol. The van der Waals surface area contributed by atoms with Crippen molar-refractivity contribution in [2.75, 3.05) is 13.1 Å². The summed E-state index contributed by atoms with van der Waals surface area (Å²) in [7, 11) is -7.30. The van der Waals surface area contributed by atoms with Gasteiger partial charge in [0.2, 0.25) is 10.0 Å². The molecular formula is C12H19ClN2O4S3. The Bertz CT molecular complexity index is 742. The van der Waals surface area contributed by atoms with Gasteiger partial charge in [-0.15, -0.1) is 12.4 Å². The molecule has 1 fully saturated rings. The maximum absolute atomic E-state index is 12.5. The molecule has 6 nitrogen and oxygen atoms in total. The predicted molar refractivity (Wildman–Crippen MR) is 90.6 cm³/mol. The molecule has 4 aliphatic rings. The predicted octanol–water partition coefficient (Wildman–Crippen LogP) is 1.17. The van der Waals surface area contributed by atoms with Crippen LogP contribution in [0.25, 0.3) is 0 Å². The van der Waals surface area contributed by atoms with E-state index in [9.17, 15) is 16.8 Å². The Kier molecular flexibility index (Phi) is 5.07. The van der Waals surface area contributed by atoms with Crippen molar-refractivity contribution >= 4 is 44.0 Å². The first-order valence-corrected chi connectivity index (χ1v) is 10.8. The van der Waals surface area contributed by atoms with Gasteiger partial charge in [-0.1, -0.05) is 18.7 Å². The number of fused-ring (bicyclic) bond motifs is 2. The lowest BCUT2D eigenvalue weighted by Crippen LogP contribution is -2.39. The molecule has 126 valence electrons. The van der Waals surface area contributed by atoms with Gasteiger partial charge in [0.05, 0.1) is 5.25 Å². The van der Waals surface area contributed by atoms with Gasteiger partial charge in [0, 0.05) is 12.6 Å². The van der Waals surface area contributed by atoms with Crippen molar-refractivity contribution < 1.29 is 16.8 Å². The third kappa shape index (κ3) is 2.99. The number of thioether (sulfide) groups is 1. The van der Waals surface area contributed by atoms with E-state index >= 15 is 0 Å². The van der Waals surface area contributed by atoms with Crippen LogP contribution >= 0.6 is 24.2 Å². The second kappa shape index (κ2) is 6.10. The van der Waals surface area contributed by atoms with E-state index in [4.69, 9.17) is 5.14 Å². The van der Waals surface area contributed by atoms with Crippen LogP contribution in [0.5, 0.6) is 0 Å². The Morgan fingerprint density at radius 1 is 1.45 bits per heavy atom. The Hall–Kier alpha value is -0.0600. The third-order valence-corrected chi connectivity index (χ3v) is 9.58. The summed E-state index contributed by atoms with van der Waals surface area (Å²) in [5, 5.41) is 4.83. The second-order valence-corrected chi connectivity index (χ2v) is 10.9. The average Bonchev–Trinajstić information content (AvgIpc) is 2.48. The van der Waals surface area contributed by atoms with E-state index in [0.29, 0.717) is 19.4 Å². The summed E-state index contributed by atoms with van der Waals surface area (Å²) < 4.78 is 48.7. The Morgan fingerprint density at radius 3 is 2.73 bits per heavy atom. The first-order chi connectivity index (χ1) is 9.73. The molecule has 2 N–H and O–H groups in total. The van der Waals surface area contributed by atoms with Gasteiger partial charge in [-0.05, 0) is 37.5 Å². The molecule has 0 aromatic carbocycles. The molecule has 4 heterocycles. The molecule has 4 rings (SSSR count). The zero-order valence-corrected chi connectivity index (χ0v) is 15.3. The van der Waals surface area contributed by atoms with Gasteiger partial charge in [0.25, 0.3) is 0 Å². The number of sulfone groups is 1. The molecule has 0 spiro atoms. The van der Waals surface area contributed by atoms with Crippen molar-refractivity contribution in [3.05, 3.63) is 20.1 Å². The SMILES string of the molecule is CCCN1CC2=C3S/C(S(N)(=O)=O)=C\C1CC(C2)S3(=O)=O.Cl. The third-order valence-electron chi connectivity index (χ3n) is 4.14. The molecule has 4 aliphatic heterocycles. The quantitative estimate of drug-likeness (QED) is 0.781. The summed E-state index contributed by atoms with van der Waals surface area (Å²) in [6.45, 7) is 3.47. The summed E-state index contributed by atoms with van der Waals surface area (Å²) >= 11 is 0.818. The zero-order chi connectivity index (χ0) is 15.4. The summed E-state index contributed by atoms with van der Waals surface area (Å²) in [6.07, 6.45) is 3.53. The molecule has 0 amide bonds. The van der Waals surface area contributed by atoms with Crippen molar-refractivity contribution in [1.82, 2.24) is 4.90 Å². The lowest BCUT2D eigenvalue weighted by atomic mass is 10.1. The van der Waals surface area contributed by atoms with Crippen LogP contribution in [-0.4, -0.2) is 46.1 Å². The Labute approximate surface area is 141 Å². The standard InChI is InChI=1S/C12H18N2O4S3.ClH/c1-2-3-14-7-8-4-10-5-9(14)6-11(21(13,17)18)19-12(8)20(10,15)16;/h6,9-10H,2-5,7H2,1H3,(H2,13,17,18);1H/b11-6+;. The maximum Gasteiger partial charge on any atom is 0.244 e. The van der Waals surface area contributed by atoms with Gasteiger partial charge < -0.3 is 0 Å². The molecule has 22 heavy (non-hydrogen) atoms. The van der Waals surface area contributed by atoms with E-state index in [1.165, 1.54) is 0 Å². The second-order valence-electron chi connectivity index (χ2n) is 5.67. The van der Waals surface area contributed by atoms with E-state index in [1.54, 1.807) is 6.08 Å². The number of hydrogen-bond donors (Lipinski definition) is 1. The largest absolute Gasteiger partial charge is 0.293 e. The molecule has 1 saturated heterocycles. The highest BCUT2D eigenvalue weighted by Gasteiger charge is 2.47. The van der Waals surface area contributed by atoms with E-state index in [0.717, 1.165) is 30.3 Å². The molecule has 2 unspecified atom stereocenters. The van der Waals surface area contributed by atoms with Crippen LogP contribution in [0.1, 0.15) is 26.2 Å². The number of hydrogen-bond acceptors (Lipinski definition) is 6. The van der Waals surface area contributed by atoms with Crippen molar-refractivity contribution in [3.63, 3.8) is 0 Å². The molecule has 0 radical (unpaired) electrons. The summed E-state index contributed by atoms with van der Waals surface area (Å²) in [5.41, 5.74) is 0.843. The minimum Gasteiger partial charge on any atom is -0.293 e. The van der Waals surface area contributed by atoms with Crippen LogP contribution in [-0.2, 0) is 19.9 Å². The number of halogens is 1. The van der Waals surface area contributed by atoms with Gasteiger partial charge in [0.15, 0.2) is 9.84 Å². The van der Waals surface area contributed by atoms with Crippen molar-refractivity contribution in [3.8, 4) is 0 Å². The first-order valence-electron chi connectivity index (χ1n) is 6.86. The Morgan fingerprint density at radius 2 is 2.14 bits per heavy atom. The molecule has 0 aromatic heterocycles. The van der Waals surface area contributed by atoms with Crippen LogP contribution in [0, 0.1) is 0 Å². The van der Waals surface area contributed by atoms with Gasteiger partial charge in [-0.3, -0.25) is 4.90 Å². The average molecular weight is 387 g/mol. The number of nitrogens with zero attached hydrogens (tertiary/aromatic N) is 1. The molecule has 0 saturated carbocycles.